The van der Waals surface area contributed by atoms with E-state index in [4.69, 9.17) is 11.6 Å². The molecule has 0 unspecified atom stereocenters. The van der Waals surface area contributed by atoms with Gasteiger partial charge in [-0.2, -0.15) is 13.2 Å². The number of rotatable bonds is 18. The first-order valence-electron chi connectivity index (χ1n) is 25.1. The number of hydrogen-bond donors (Lipinski definition) is 3. The molecule has 3 fully saturated rings. The number of hydrogen-bond acceptors (Lipinski definition) is 12. The Morgan fingerprint density at radius 3 is 2.14 bits per heavy atom. The van der Waals surface area contributed by atoms with Crippen LogP contribution in [0.15, 0.2) is 117 Å². The fourth-order valence-corrected chi connectivity index (χ4v) is 13.6. The molecule has 4 aliphatic rings. The molecule has 4 aromatic carbocycles. The fraction of sp³-hybridized carbons (Fsp3) is 0.491. The number of anilines is 2. The number of benzene rings is 4. The zero-order valence-electron chi connectivity index (χ0n) is 41.3. The zero-order valence-corrected chi connectivity index (χ0v) is 45.4. The Bertz CT molecular complexity index is 2720. The number of thioether (sulfide) groups is 1. The van der Waals surface area contributed by atoms with E-state index in [0.29, 0.717) is 24.8 Å². The summed E-state index contributed by atoms with van der Waals surface area (Å²) in [6.45, 7) is 14.1. The van der Waals surface area contributed by atoms with Crippen LogP contribution in [0, 0.1) is 5.41 Å². The number of carbonyl (C=O) groups excluding carboxylic acids is 1. The van der Waals surface area contributed by atoms with Gasteiger partial charge in [-0.15, -0.1) is 24.2 Å². The van der Waals surface area contributed by atoms with Crippen LogP contribution in [0.1, 0.15) is 74.2 Å². The summed E-state index contributed by atoms with van der Waals surface area (Å²) >= 11 is 7.77. The molecule has 3 N–H and O–H groups in total. The van der Waals surface area contributed by atoms with Gasteiger partial charge in [-0.25, -0.2) is 21.6 Å². The normalized spacial score (nSPS) is 20.5. The Morgan fingerprint density at radius 1 is 0.808 bits per heavy atom. The molecule has 0 saturated carbocycles. The van der Waals surface area contributed by atoms with Gasteiger partial charge in [0.1, 0.15) is 4.90 Å². The molecule has 1 aliphatic carbocycles. The van der Waals surface area contributed by atoms with Gasteiger partial charge >= 0.3 is 5.51 Å². The predicted octanol–water partition coefficient (Wildman–Crippen LogP) is 9.68. The van der Waals surface area contributed by atoms with Crippen molar-refractivity contribution >= 4 is 78.5 Å². The Morgan fingerprint density at radius 2 is 1.48 bits per heavy atom. The standard InChI is InChI=1S/C53H67ClF3N7O5S3.ClH/c1-52(39-63-29-24-58-25-30-63)23-21-48(40-11-15-43(54)16-12-40)42(36-52)37-62-31-33-64(34-32-62)45-17-13-41(14-18-45)51(65)60-72(68,69)47-19-20-49(50(35-47)71(66,67)53(55,56)57)59-44(38-70-46-9-5-4-6-10-46)22-28-61-26-7-2-3-8-27-61;/h4-6,9-20,35,44,58-59H,2-3,7-8,21-34,36-39H2,1H3,(H,60,65);1H/t44-,52-;/m1./s1. The van der Waals surface area contributed by atoms with Gasteiger partial charge in [-0.05, 0) is 135 Å². The fourth-order valence-electron chi connectivity index (χ4n) is 10.5. The highest BCUT2D eigenvalue weighted by Crippen LogP contribution is 2.44. The molecule has 8 rings (SSSR count). The molecule has 0 radical (unpaired) electrons. The number of carbonyl (C=O) groups is 1. The van der Waals surface area contributed by atoms with E-state index in [1.54, 1.807) is 12.1 Å². The average molecular weight is 1110 g/mol. The highest BCUT2D eigenvalue weighted by Gasteiger charge is 2.48. The van der Waals surface area contributed by atoms with Crippen molar-refractivity contribution in [2.24, 2.45) is 5.41 Å². The summed E-state index contributed by atoms with van der Waals surface area (Å²) in [5.41, 5.74) is -0.953. The molecule has 20 heteroatoms. The minimum atomic E-state index is -6.05. The molecule has 1 amide bonds. The molecule has 3 saturated heterocycles. The first-order chi connectivity index (χ1) is 34.4. The third-order valence-corrected chi connectivity index (χ3v) is 18.7. The van der Waals surface area contributed by atoms with Crippen LogP contribution < -0.4 is 20.3 Å². The number of allylic oxidation sites excluding steroid dienone is 1. The monoisotopic (exact) mass is 1110 g/mol. The second kappa shape index (κ2) is 25.3. The van der Waals surface area contributed by atoms with Gasteiger partial charge in [-0.1, -0.05) is 67.3 Å². The highest BCUT2D eigenvalue weighted by atomic mass is 35.5. The molecular formula is C53H68Cl2F3N7O5S3. The number of halogens is 5. The van der Waals surface area contributed by atoms with E-state index in [1.165, 1.54) is 40.6 Å². The van der Waals surface area contributed by atoms with Crippen LogP contribution in [0.25, 0.3) is 5.57 Å². The maximum Gasteiger partial charge on any atom is 0.501 e. The number of sulfonamides is 1. The van der Waals surface area contributed by atoms with Crippen LogP contribution in [0.5, 0.6) is 0 Å². The molecule has 2 atom stereocenters. The minimum absolute atomic E-state index is 0. The van der Waals surface area contributed by atoms with E-state index in [9.17, 15) is 34.8 Å². The maximum absolute atomic E-state index is 14.3. The van der Waals surface area contributed by atoms with Gasteiger partial charge in [0.15, 0.2) is 0 Å². The topological polar surface area (TPSA) is 134 Å². The summed E-state index contributed by atoms with van der Waals surface area (Å²) in [7, 11) is -10.9. The lowest BCUT2D eigenvalue weighted by atomic mass is 9.71. The lowest BCUT2D eigenvalue weighted by molar-refractivity contribution is -0.0435. The highest BCUT2D eigenvalue weighted by molar-refractivity contribution is 7.99. The summed E-state index contributed by atoms with van der Waals surface area (Å²) in [6.07, 6.45) is 8.02. The third kappa shape index (κ3) is 15.2. The number of sulfone groups is 1. The van der Waals surface area contributed by atoms with Crippen LogP contribution in [0.3, 0.4) is 0 Å². The predicted molar refractivity (Wildman–Crippen MR) is 290 cm³/mol. The summed E-state index contributed by atoms with van der Waals surface area (Å²) < 4.78 is 98.6. The van der Waals surface area contributed by atoms with E-state index in [-0.39, 0.29) is 29.1 Å². The zero-order chi connectivity index (χ0) is 50.9. The summed E-state index contributed by atoms with van der Waals surface area (Å²) in [4.78, 5) is 22.0. The minimum Gasteiger partial charge on any atom is -0.380 e. The quantitative estimate of drug-likeness (QED) is 0.0820. The molecule has 0 bridgehead atoms. The van der Waals surface area contributed by atoms with E-state index in [0.717, 1.165) is 151 Å². The first kappa shape index (κ1) is 56.9. The second-order valence-electron chi connectivity index (χ2n) is 20.0. The Balaban J connectivity index is 0.00000780. The van der Waals surface area contributed by atoms with Crippen LogP contribution in [-0.2, 0) is 19.9 Å². The van der Waals surface area contributed by atoms with Crippen molar-refractivity contribution in [3.63, 3.8) is 0 Å². The van der Waals surface area contributed by atoms with E-state index < -0.39 is 47.1 Å². The van der Waals surface area contributed by atoms with Crippen molar-refractivity contribution in [3.8, 4) is 0 Å². The lowest BCUT2D eigenvalue weighted by Crippen LogP contribution is -2.49. The van der Waals surface area contributed by atoms with Crippen LogP contribution in [0.4, 0.5) is 24.5 Å². The number of nitrogens with one attached hydrogen (secondary N) is 3. The van der Waals surface area contributed by atoms with Crippen molar-refractivity contribution in [1.82, 2.24) is 24.7 Å². The summed E-state index contributed by atoms with van der Waals surface area (Å²) in [5.74, 6) is -0.613. The smallest absolute Gasteiger partial charge is 0.380 e. The van der Waals surface area contributed by atoms with Crippen LogP contribution in [-0.4, -0.2) is 140 Å². The van der Waals surface area contributed by atoms with Gasteiger partial charge in [0.2, 0.25) is 0 Å². The Kier molecular flexibility index (Phi) is 19.7. The number of likely N-dealkylation sites (tertiary alicyclic amines) is 1. The molecule has 12 nitrogen and oxygen atoms in total. The van der Waals surface area contributed by atoms with E-state index >= 15 is 0 Å². The SMILES string of the molecule is C[C@@]1(CN2CCNCC2)CCC(c2ccc(Cl)cc2)=C(CN2CCN(c3ccc(C(=O)NS(=O)(=O)c4ccc(N[C@H](CCN5CCCCCC5)CSc5ccccc5)c(S(=O)(=O)C(F)(F)F)c4)cc3)CC2)C1.Cl. The molecule has 398 valence electrons. The van der Waals surface area contributed by atoms with E-state index in [1.807, 2.05) is 47.2 Å². The van der Waals surface area contributed by atoms with Crippen molar-refractivity contribution < 1.29 is 34.8 Å². The van der Waals surface area contributed by atoms with Crippen molar-refractivity contribution in [1.29, 1.82) is 0 Å². The van der Waals surface area contributed by atoms with Crippen molar-refractivity contribution in [3.05, 3.63) is 119 Å². The largest absolute Gasteiger partial charge is 0.501 e. The van der Waals surface area contributed by atoms with E-state index in [2.05, 4.69) is 49.3 Å². The van der Waals surface area contributed by atoms with Crippen molar-refractivity contribution in [2.45, 2.75) is 84.5 Å². The Labute approximate surface area is 445 Å². The Hall–Kier alpha value is -3.85. The number of nitrogens with zero attached hydrogens (tertiary/aromatic N) is 4. The lowest BCUT2D eigenvalue weighted by Gasteiger charge is -2.43. The molecule has 3 heterocycles. The molecule has 4 aromatic rings. The maximum atomic E-state index is 14.3. The van der Waals surface area contributed by atoms with Gasteiger partial charge < -0.3 is 25.3 Å². The second-order valence-corrected chi connectivity index (χ2v) is 25.1. The van der Waals surface area contributed by atoms with Crippen LogP contribution >= 0.6 is 35.8 Å². The summed E-state index contributed by atoms with van der Waals surface area (Å²) in [6, 6.07) is 26.2. The first-order valence-corrected chi connectivity index (χ1v) is 29.4. The molecule has 0 aromatic heterocycles. The van der Waals surface area contributed by atoms with Gasteiger partial charge in [-0.3, -0.25) is 9.69 Å². The van der Waals surface area contributed by atoms with Crippen molar-refractivity contribution in [2.75, 3.05) is 101 Å². The molecule has 3 aliphatic heterocycles. The summed E-state index contributed by atoms with van der Waals surface area (Å²) in [5, 5.41) is 7.24. The number of amides is 1. The molecule has 0 spiro atoms. The van der Waals surface area contributed by atoms with Gasteiger partial charge in [0.05, 0.1) is 10.6 Å². The van der Waals surface area contributed by atoms with Crippen LogP contribution in [0.2, 0.25) is 5.02 Å². The average Bonchev–Trinajstić information content (AvgIpc) is 3.65. The van der Waals surface area contributed by atoms with Gasteiger partial charge in [0, 0.05) is 105 Å². The molecule has 73 heavy (non-hydrogen) atoms. The number of piperazine rings is 2. The molecular weight excluding hydrogens is 1040 g/mol. The van der Waals surface area contributed by atoms with Gasteiger partial charge in [0.25, 0.3) is 25.8 Å². The number of alkyl halides is 3. The third-order valence-electron chi connectivity index (χ3n) is 14.5.